The summed E-state index contributed by atoms with van der Waals surface area (Å²) in [5.74, 6) is 0.390. The minimum atomic E-state index is -3.71. The molecule has 180 valence electrons. The molecular weight excluding hydrogens is 442 g/mol. The number of hydrogen-bond donors (Lipinski definition) is 1. The number of methoxy groups -OCH3 is 1. The van der Waals surface area contributed by atoms with E-state index in [-0.39, 0.29) is 16.9 Å². The van der Waals surface area contributed by atoms with Crippen LogP contribution in [0, 0.1) is 0 Å². The minimum absolute atomic E-state index is 0.0118. The molecule has 9 heteroatoms. The fraction of sp³-hybridized carbons (Fsp3) is 0.542. The molecule has 1 N–H and O–H groups in total. The zero-order valence-corrected chi connectivity index (χ0v) is 20.0. The Morgan fingerprint density at radius 2 is 1.61 bits per heavy atom. The second-order valence-corrected chi connectivity index (χ2v) is 10.5. The van der Waals surface area contributed by atoms with E-state index in [1.54, 1.807) is 7.11 Å². The molecule has 2 fully saturated rings. The monoisotopic (exact) mass is 475 g/mol. The van der Waals surface area contributed by atoms with Crippen molar-refractivity contribution in [2.75, 3.05) is 39.8 Å². The number of carbonyl (C=O) groups is 1. The predicted molar refractivity (Wildman–Crippen MR) is 125 cm³/mol. The van der Waals surface area contributed by atoms with Gasteiger partial charge in [0, 0.05) is 19.6 Å². The highest BCUT2D eigenvalue weighted by molar-refractivity contribution is 7.89. The van der Waals surface area contributed by atoms with Gasteiger partial charge in [-0.2, -0.15) is 4.31 Å². The summed E-state index contributed by atoms with van der Waals surface area (Å²) in [4.78, 5) is 15.2. The van der Waals surface area contributed by atoms with Crippen LogP contribution < -0.4 is 10.1 Å². The van der Waals surface area contributed by atoms with Crippen molar-refractivity contribution in [2.45, 2.75) is 49.7 Å². The number of carbonyl (C=O) groups excluding carboxylic acids is 1. The number of hydrogen-bond acceptors (Lipinski definition) is 6. The summed E-state index contributed by atoms with van der Waals surface area (Å²) >= 11 is 0. The molecule has 33 heavy (non-hydrogen) atoms. The highest BCUT2D eigenvalue weighted by Gasteiger charge is 2.30. The summed E-state index contributed by atoms with van der Waals surface area (Å²) in [5, 5.41) is 2.78. The number of amides is 1. The fourth-order valence-corrected chi connectivity index (χ4v) is 6.03. The van der Waals surface area contributed by atoms with E-state index >= 15 is 0 Å². The number of ether oxygens (including phenoxy) is 1. The molecular formula is C24H33N3O5S. The molecule has 0 spiro atoms. The van der Waals surface area contributed by atoms with Gasteiger partial charge in [0.2, 0.25) is 5.09 Å². The van der Waals surface area contributed by atoms with Gasteiger partial charge in [-0.05, 0) is 68.6 Å². The molecule has 2 aliphatic heterocycles. The molecule has 0 radical (unpaired) electrons. The van der Waals surface area contributed by atoms with Crippen LogP contribution in [0.15, 0.2) is 45.9 Å². The summed E-state index contributed by atoms with van der Waals surface area (Å²) in [6, 6.07) is 10.8. The third-order valence-electron chi connectivity index (χ3n) is 6.50. The number of likely N-dealkylation sites (tertiary alicyclic amines) is 1. The van der Waals surface area contributed by atoms with Gasteiger partial charge < -0.3 is 14.5 Å². The molecule has 1 amide bonds. The largest absolute Gasteiger partial charge is 0.497 e. The molecule has 1 unspecified atom stereocenters. The van der Waals surface area contributed by atoms with Gasteiger partial charge in [0.1, 0.15) is 5.75 Å². The quantitative estimate of drug-likeness (QED) is 0.629. The van der Waals surface area contributed by atoms with Crippen molar-refractivity contribution >= 4 is 15.9 Å². The molecule has 8 nitrogen and oxygen atoms in total. The molecule has 3 heterocycles. The summed E-state index contributed by atoms with van der Waals surface area (Å²) in [5.41, 5.74) is 1.10. The first-order valence-corrected chi connectivity index (χ1v) is 13.2. The average Bonchev–Trinajstić information content (AvgIpc) is 3.37. The van der Waals surface area contributed by atoms with Crippen molar-refractivity contribution in [1.82, 2.24) is 14.5 Å². The second-order valence-electron chi connectivity index (χ2n) is 8.68. The van der Waals surface area contributed by atoms with E-state index in [1.807, 2.05) is 24.3 Å². The van der Waals surface area contributed by atoms with Gasteiger partial charge in [-0.15, -0.1) is 0 Å². The molecule has 2 aliphatic rings. The van der Waals surface area contributed by atoms with Crippen LogP contribution in [0.3, 0.4) is 0 Å². The summed E-state index contributed by atoms with van der Waals surface area (Å²) < 4.78 is 37.9. The summed E-state index contributed by atoms with van der Waals surface area (Å²) in [6.45, 7) is 3.34. The Labute approximate surface area is 195 Å². The van der Waals surface area contributed by atoms with Gasteiger partial charge in [-0.3, -0.25) is 9.69 Å². The van der Waals surface area contributed by atoms with Crippen molar-refractivity contribution in [3.05, 3.63) is 47.7 Å². The van der Waals surface area contributed by atoms with E-state index in [1.165, 1.54) is 22.9 Å². The Kier molecular flexibility index (Phi) is 7.72. The standard InChI is InChI=1S/C24H33N3O5S/c1-31-20-10-8-19(9-11-20)21(26-14-4-2-5-15-26)18-25-24(28)22-12-13-23(32-22)33(29,30)27-16-6-3-7-17-27/h8-13,21H,2-7,14-18H2,1H3,(H,25,28). The lowest BCUT2D eigenvalue weighted by Crippen LogP contribution is -2.40. The second kappa shape index (κ2) is 10.7. The van der Waals surface area contributed by atoms with Crippen molar-refractivity contribution < 1.29 is 22.4 Å². The maximum absolute atomic E-state index is 12.8. The number of furan rings is 1. The van der Waals surface area contributed by atoms with Crippen LogP contribution >= 0.6 is 0 Å². The van der Waals surface area contributed by atoms with Gasteiger partial charge in [0.25, 0.3) is 15.9 Å². The van der Waals surface area contributed by atoms with Crippen LogP contribution in [0.4, 0.5) is 0 Å². The SMILES string of the molecule is COc1ccc(C(CNC(=O)c2ccc(S(=O)(=O)N3CCCCC3)o2)N2CCCCC2)cc1. The maximum Gasteiger partial charge on any atom is 0.287 e. The number of benzene rings is 1. The number of piperidine rings is 2. The van der Waals surface area contributed by atoms with Crippen LogP contribution in [0.5, 0.6) is 5.75 Å². The summed E-state index contributed by atoms with van der Waals surface area (Å²) in [6.07, 6.45) is 6.21. The van der Waals surface area contributed by atoms with Gasteiger partial charge in [-0.25, -0.2) is 8.42 Å². The minimum Gasteiger partial charge on any atom is -0.497 e. The van der Waals surface area contributed by atoms with E-state index in [2.05, 4.69) is 10.2 Å². The molecule has 2 saturated heterocycles. The number of sulfonamides is 1. The first kappa shape index (κ1) is 23.8. The zero-order chi connectivity index (χ0) is 23.3. The Balaban J connectivity index is 1.45. The first-order chi connectivity index (χ1) is 16.0. The van der Waals surface area contributed by atoms with E-state index < -0.39 is 15.9 Å². The molecule has 0 bridgehead atoms. The lowest BCUT2D eigenvalue weighted by molar-refractivity contribution is 0.0891. The molecule has 1 aromatic carbocycles. The number of nitrogens with one attached hydrogen (secondary N) is 1. The Morgan fingerprint density at radius 1 is 0.970 bits per heavy atom. The van der Waals surface area contributed by atoms with Crippen LogP contribution in [0.25, 0.3) is 0 Å². The van der Waals surface area contributed by atoms with Crippen molar-refractivity contribution in [1.29, 1.82) is 0 Å². The first-order valence-electron chi connectivity index (χ1n) is 11.8. The molecule has 4 rings (SSSR count). The molecule has 1 aromatic heterocycles. The predicted octanol–water partition coefficient (Wildman–Crippen LogP) is 3.42. The molecule has 1 atom stereocenters. The third kappa shape index (κ3) is 5.59. The fourth-order valence-electron chi connectivity index (χ4n) is 4.60. The highest BCUT2D eigenvalue weighted by Crippen LogP contribution is 2.26. The van der Waals surface area contributed by atoms with Crippen LogP contribution in [0.2, 0.25) is 0 Å². The topological polar surface area (TPSA) is 92.1 Å². The Hall–Kier alpha value is -2.36. The number of nitrogens with zero attached hydrogens (tertiary/aromatic N) is 2. The van der Waals surface area contributed by atoms with E-state index in [0.717, 1.165) is 56.5 Å². The van der Waals surface area contributed by atoms with Crippen molar-refractivity contribution in [3.8, 4) is 5.75 Å². The van der Waals surface area contributed by atoms with Crippen LogP contribution in [0.1, 0.15) is 60.7 Å². The maximum atomic E-state index is 12.8. The summed E-state index contributed by atoms with van der Waals surface area (Å²) in [7, 11) is -2.07. The van der Waals surface area contributed by atoms with Gasteiger partial charge in [-0.1, -0.05) is 25.0 Å². The van der Waals surface area contributed by atoms with Crippen LogP contribution in [-0.4, -0.2) is 63.4 Å². The van der Waals surface area contributed by atoms with Crippen molar-refractivity contribution in [2.24, 2.45) is 0 Å². The van der Waals surface area contributed by atoms with E-state index in [9.17, 15) is 13.2 Å². The Morgan fingerprint density at radius 3 is 2.24 bits per heavy atom. The molecule has 0 aliphatic carbocycles. The molecule has 0 saturated carbocycles. The van der Waals surface area contributed by atoms with Crippen LogP contribution in [-0.2, 0) is 10.0 Å². The zero-order valence-electron chi connectivity index (χ0n) is 19.2. The van der Waals surface area contributed by atoms with E-state index in [4.69, 9.17) is 9.15 Å². The lowest BCUT2D eigenvalue weighted by Gasteiger charge is -2.35. The van der Waals surface area contributed by atoms with Gasteiger partial charge >= 0.3 is 0 Å². The lowest BCUT2D eigenvalue weighted by atomic mass is 10.0. The van der Waals surface area contributed by atoms with Crippen molar-refractivity contribution in [3.63, 3.8) is 0 Å². The highest BCUT2D eigenvalue weighted by atomic mass is 32.2. The van der Waals surface area contributed by atoms with Gasteiger partial charge in [0.05, 0.1) is 13.2 Å². The van der Waals surface area contributed by atoms with E-state index in [0.29, 0.717) is 19.6 Å². The normalized spacial score (nSPS) is 19.2. The Bertz CT molecular complexity index is 1020. The number of rotatable bonds is 8. The smallest absolute Gasteiger partial charge is 0.287 e. The van der Waals surface area contributed by atoms with Gasteiger partial charge in [0.15, 0.2) is 5.76 Å². The molecule has 2 aromatic rings. The third-order valence-corrected chi connectivity index (χ3v) is 8.28. The average molecular weight is 476 g/mol.